The number of hydrogen-bond acceptors (Lipinski definition) is 5. The van der Waals surface area contributed by atoms with Gasteiger partial charge in [-0.1, -0.05) is 30.1 Å². The number of nitrogens with one attached hydrogen (secondary N) is 3. The van der Waals surface area contributed by atoms with Crippen LogP contribution >= 0.6 is 23.2 Å². The van der Waals surface area contributed by atoms with Crippen LogP contribution in [0.4, 0.5) is 0 Å². The molecule has 2 saturated carbocycles. The molecule has 1 amide bonds. The van der Waals surface area contributed by atoms with Gasteiger partial charge in [0.2, 0.25) is 0 Å². The maximum atomic E-state index is 12.7. The van der Waals surface area contributed by atoms with Gasteiger partial charge in [0.15, 0.2) is 0 Å². The topological polar surface area (TPSA) is 91.3 Å². The van der Waals surface area contributed by atoms with Crippen LogP contribution in [0, 0.1) is 16.6 Å². The molecule has 5 rings (SSSR count). The number of halogens is 2. The second-order valence-electron chi connectivity index (χ2n) is 10.5. The first-order valence-corrected chi connectivity index (χ1v) is 15.1. The summed E-state index contributed by atoms with van der Waals surface area (Å²) in [6, 6.07) is 11.2. The molecule has 3 aliphatic rings. The first kappa shape index (κ1) is 25.8. The van der Waals surface area contributed by atoms with E-state index in [1.54, 1.807) is 12.1 Å². The third kappa shape index (κ3) is 6.01. The molecule has 1 aliphatic heterocycles. The summed E-state index contributed by atoms with van der Waals surface area (Å²) in [5.41, 5.74) is 2.61. The molecular weight excluding hydrogens is 517 g/mol. The van der Waals surface area contributed by atoms with E-state index in [1.165, 1.54) is 0 Å². The van der Waals surface area contributed by atoms with E-state index in [1.807, 2.05) is 24.3 Å². The third-order valence-corrected chi connectivity index (χ3v) is 10.0. The zero-order valence-corrected chi connectivity index (χ0v) is 22.7. The monoisotopic (exact) mass is 549 g/mol. The van der Waals surface area contributed by atoms with Crippen molar-refractivity contribution in [3.05, 3.63) is 63.1 Å². The molecule has 4 unspecified atom stereocenters. The highest BCUT2D eigenvalue weighted by atomic mass is 35.5. The largest absolute Gasteiger partial charge is 0.493 e. The number of carbonyl (C=O) groups excluding carboxylic acids is 1. The molecule has 0 aromatic heterocycles. The maximum absolute atomic E-state index is 12.7. The van der Waals surface area contributed by atoms with Gasteiger partial charge >= 0.3 is 0 Å². The van der Waals surface area contributed by atoms with Crippen molar-refractivity contribution in [1.82, 2.24) is 10.0 Å². The Balaban J connectivity index is 1.29. The quantitative estimate of drug-likeness (QED) is 0.350. The Morgan fingerprint density at radius 2 is 1.86 bits per heavy atom. The lowest BCUT2D eigenvalue weighted by atomic mass is 9.76. The van der Waals surface area contributed by atoms with Crippen molar-refractivity contribution < 1.29 is 13.7 Å². The molecule has 2 aromatic carbocycles. The van der Waals surface area contributed by atoms with Gasteiger partial charge in [-0.2, -0.15) is 0 Å². The Morgan fingerprint density at radius 1 is 1.14 bits per heavy atom. The Morgan fingerprint density at radius 3 is 2.53 bits per heavy atom. The fourth-order valence-corrected chi connectivity index (χ4v) is 7.13. The first-order valence-electron chi connectivity index (χ1n) is 12.7. The summed E-state index contributed by atoms with van der Waals surface area (Å²) < 4.78 is 29.3. The van der Waals surface area contributed by atoms with Crippen molar-refractivity contribution in [2.75, 3.05) is 19.7 Å². The average molecular weight is 551 g/mol. The summed E-state index contributed by atoms with van der Waals surface area (Å²) >= 11 is 12.5. The second kappa shape index (κ2) is 10.5. The van der Waals surface area contributed by atoms with Gasteiger partial charge in [-0.15, -0.1) is 0 Å². The average Bonchev–Trinajstić information content (AvgIpc) is 3.74. The molecule has 2 aromatic rings. The SMILES string of the molecule is CC(c1cc(Cl)cc(Cl)c1)C1CNCCC1COc1ccc(C(=O)NS(=N)(=O)C2CC2)cc1C1CC1. The van der Waals surface area contributed by atoms with Crippen LogP contribution in [0.25, 0.3) is 0 Å². The molecule has 4 atom stereocenters. The smallest absolute Gasteiger partial charge is 0.263 e. The predicted molar refractivity (Wildman–Crippen MR) is 145 cm³/mol. The van der Waals surface area contributed by atoms with E-state index in [0.29, 0.717) is 40.0 Å². The van der Waals surface area contributed by atoms with Crippen LogP contribution in [-0.4, -0.2) is 35.1 Å². The highest BCUT2D eigenvalue weighted by molar-refractivity contribution is 7.92. The predicted octanol–water partition coefficient (Wildman–Crippen LogP) is 6.13. The first-order chi connectivity index (χ1) is 17.2. The minimum atomic E-state index is -3.08. The second-order valence-corrected chi connectivity index (χ2v) is 13.4. The third-order valence-electron chi connectivity index (χ3n) is 7.71. The lowest BCUT2D eigenvalue weighted by Crippen LogP contribution is -2.41. The molecule has 194 valence electrons. The number of piperidine rings is 1. The van der Waals surface area contributed by atoms with E-state index >= 15 is 0 Å². The van der Waals surface area contributed by atoms with Gasteiger partial charge in [-0.25, -0.2) is 8.99 Å². The van der Waals surface area contributed by atoms with Crippen molar-refractivity contribution in [2.45, 2.75) is 56.1 Å². The summed E-state index contributed by atoms with van der Waals surface area (Å²) in [6.45, 7) is 4.68. The van der Waals surface area contributed by atoms with Crippen LogP contribution in [0.1, 0.15) is 72.3 Å². The number of rotatable bonds is 9. The molecule has 3 N–H and O–H groups in total. The van der Waals surface area contributed by atoms with Crippen molar-refractivity contribution >= 4 is 39.0 Å². The molecule has 3 fully saturated rings. The Kier molecular flexibility index (Phi) is 7.55. The van der Waals surface area contributed by atoms with Crippen LogP contribution in [0.2, 0.25) is 10.0 Å². The van der Waals surface area contributed by atoms with E-state index in [4.69, 9.17) is 32.7 Å². The van der Waals surface area contributed by atoms with Crippen molar-refractivity contribution in [3.63, 3.8) is 0 Å². The molecular formula is C27H33Cl2N3O3S. The van der Waals surface area contributed by atoms with Crippen molar-refractivity contribution in [3.8, 4) is 5.75 Å². The summed E-state index contributed by atoms with van der Waals surface area (Å²) in [4.78, 5) is 12.7. The fraction of sp³-hybridized carbons (Fsp3) is 0.519. The van der Waals surface area contributed by atoms with Gasteiger partial charge < -0.3 is 10.1 Å². The van der Waals surface area contributed by atoms with Crippen LogP contribution in [0.3, 0.4) is 0 Å². The number of ether oxygens (including phenoxy) is 1. The van der Waals surface area contributed by atoms with Gasteiger partial charge in [-0.05, 0) is 116 Å². The van der Waals surface area contributed by atoms with E-state index < -0.39 is 15.8 Å². The number of carbonyl (C=O) groups is 1. The molecule has 6 nitrogen and oxygen atoms in total. The van der Waals surface area contributed by atoms with E-state index in [-0.39, 0.29) is 11.2 Å². The molecule has 0 bridgehead atoms. The van der Waals surface area contributed by atoms with E-state index in [2.05, 4.69) is 17.0 Å². The Bertz CT molecular complexity index is 1220. The van der Waals surface area contributed by atoms with Crippen molar-refractivity contribution in [2.24, 2.45) is 11.8 Å². The molecule has 9 heteroatoms. The van der Waals surface area contributed by atoms with Gasteiger partial charge in [0.25, 0.3) is 5.91 Å². The van der Waals surface area contributed by atoms with Crippen LogP contribution in [0.15, 0.2) is 36.4 Å². The summed E-state index contributed by atoms with van der Waals surface area (Å²) in [6.07, 6.45) is 4.64. The number of amides is 1. The molecule has 0 radical (unpaired) electrons. The number of benzene rings is 2. The van der Waals surface area contributed by atoms with Gasteiger partial charge in [0.1, 0.15) is 15.7 Å². The molecule has 36 heavy (non-hydrogen) atoms. The van der Waals surface area contributed by atoms with E-state index in [0.717, 1.165) is 62.1 Å². The molecule has 1 heterocycles. The summed E-state index contributed by atoms with van der Waals surface area (Å²) in [5, 5.41) is 4.62. The van der Waals surface area contributed by atoms with Crippen molar-refractivity contribution in [1.29, 1.82) is 4.78 Å². The lowest BCUT2D eigenvalue weighted by Gasteiger charge is -2.36. The van der Waals surface area contributed by atoms with E-state index in [9.17, 15) is 9.00 Å². The molecule has 1 saturated heterocycles. The molecule has 2 aliphatic carbocycles. The zero-order valence-electron chi connectivity index (χ0n) is 20.4. The van der Waals surface area contributed by atoms with Crippen LogP contribution in [-0.2, 0) is 9.92 Å². The highest BCUT2D eigenvalue weighted by Crippen LogP contribution is 2.45. The lowest BCUT2D eigenvalue weighted by molar-refractivity contribution is 0.0982. The summed E-state index contributed by atoms with van der Waals surface area (Å²) in [7, 11) is -3.08. The number of hydrogen-bond donors (Lipinski definition) is 3. The standard InChI is InChI=1S/C27H33Cl2N3O3S/c1-16(20-10-21(28)13-22(29)11-20)25-14-31-9-8-19(25)15-35-26-7-4-18(12-24(26)17-2-3-17)27(33)32-36(30,34)23-5-6-23/h4,7,10-13,16-17,19,23,25,31H,2-3,5-6,8-9,14-15H2,1H3,(H2,30,32,33,34). The maximum Gasteiger partial charge on any atom is 0.263 e. The zero-order chi connectivity index (χ0) is 25.4. The van der Waals surface area contributed by atoms with Gasteiger partial charge in [-0.3, -0.25) is 9.52 Å². The highest BCUT2D eigenvalue weighted by Gasteiger charge is 2.35. The fourth-order valence-electron chi connectivity index (χ4n) is 5.23. The Hall–Kier alpha value is -1.80. The van der Waals surface area contributed by atoms with Crippen LogP contribution in [0.5, 0.6) is 5.75 Å². The van der Waals surface area contributed by atoms with Crippen LogP contribution < -0.4 is 14.8 Å². The Labute approximate surface area is 223 Å². The minimum absolute atomic E-state index is 0.213. The van der Waals surface area contributed by atoms with Gasteiger partial charge in [0.05, 0.1) is 11.9 Å². The van der Waals surface area contributed by atoms with Gasteiger partial charge in [0, 0.05) is 15.6 Å². The normalized spacial score (nSPS) is 24.5. The summed E-state index contributed by atoms with van der Waals surface area (Å²) in [5.74, 6) is 1.76. The molecule has 0 spiro atoms. The minimum Gasteiger partial charge on any atom is -0.493 e.